The summed E-state index contributed by atoms with van der Waals surface area (Å²) in [5, 5.41) is 16.6. The number of aliphatic hydroxyl groups is 1. The normalized spacial score (nSPS) is 17.5. The van der Waals surface area contributed by atoms with Gasteiger partial charge in [-0.25, -0.2) is 13.8 Å². The van der Waals surface area contributed by atoms with Crippen molar-refractivity contribution >= 4 is 46.1 Å². The predicted molar refractivity (Wildman–Crippen MR) is 152 cm³/mol. The van der Waals surface area contributed by atoms with E-state index in [0.29, 0.717) is 52.8 Å². The number of methoxy groups -OCH3 is 1. The Labute approximate surface area is 231 Å². The van der Waals surface area contributed by atoms with Crippen molar-refractivity contribution in [1.82, 2.24) is 14.9 Å². The standard InChI is InChI=1S/C27H34ClF2N7O2/c1-27(2,38)17-9-19(30)18(28)10-21(17)33-25-6-7-32-26(35-25)34-22-11-20(31)23(12-24(22)39-5)37-13-15(29)8-16(37)14-36(3)4/h6-7,9-12,15-16,38H,8,13-14,31H2,1-5H3,(H2,32,33,34,35)/t15-,16-/m1/s1. The Morgan fingerprint density at radius 1 is 1.23 bits per heavy atom. The fourth-order valence-electron chi connectivity index (χ4n) is 4.75. The van der Waals surface area contributed by atoms with Crippen LogP contribution < -0.4 is 26.0 Å². The van der Waals surface area contributed by atoms with Gasteiger partial charge >= 0.3 is 0 Å². The summed E-state index contributed by atoms with van der Waals surface area (Å²) in [7, 11) is 5.45. The Bertz CT molecular complexity index is 1340. The zero-order chi connectivity index (χ0) is 28.5. The topological polar surface area (TPSA) is 112 Å². The second-order valence-corrected chi connectivity index (χ2v) is 10.8. The van der Waals surface area contributed by atoms with Crippen molar-refractivity contribution in [3.8, 4) is 5.75 Å². The highest BCUT2D eigenvalue weighted by Crippen LogP contribution is 2.40. The van der Waals surface area contributed by atoms with Gasteiger partial charge in [-0.1, -0.05) is 11.6 Å². The smallest absolute Gasteiger partial charge is 0.229 e. The number of likely N-dealkylation sites (N-methyl/N-ethyl adjacent to an activating group) is 1. The Hall–Kier alpha value is -3.41. The van der Waals surface area contributed by atoms with Crippen molar-refractivity contribution < 1.29 is 18.6 Å². The number of nitrogens with one attached hydrogen (secondary N) is 2. The number of ether oxygens (including phenoxy) is 1. The van der Waals surface area contributed by atoms with Crippen molar-refractivity contribution in [2.24, 2.45) is 0 Å². The molecule has 0 saturated carbocycles. The van der Waals surface area contributed by atoms with Crippen LogP contribution in [0, 0.1) is 5.82 Å². The molecule has 0 radical (unpaired) electrons. The van der Waals surface area contributed by atoms with Crippen LogP contribution in [0.15, 0.2) is 36.5 Å². The SMILES string of the molecule is COc1cc(N2C[C@H](F)C[C@@H]2CN(C)C)c(N)cc1Nc1nccc(Nc2cc(Cl)c(F)cc2C(C)(C)O)n1. The quantitative estimate of drug-likeness (QED) is 0.266. The summed E-state index contributed by atoms with van der Waals surface area (Å²) < 4.78 is 34.1. The van der Waals surface area contributed by atoms with Crippen molar-refractivity contribution in [2.75, 3.05) is 55.6 Å². The highest BCUT2D eigenvalue weighted by atomic mass is 35.5. The number of nitrogens with zero attached hydrogens (tertiary/aromatic N) is 4. The van der Waals surface area contributed by atoms with Gasteiger partial charge in [0, 0.05) is 49.1 Å². The van der Waals surface area contributed by atoms with Crippen LogP contribution in [-0.2, 0) is 5.60 Å². The minimum absolute atomic E-state index is 0.0133. The summed E-state index contributed by atoms with van der Waals surface area (Å²) in [5.74, 6) is 0.462. The molecule has 3 aromatic rings. The Kier molecular flexibility index (Phi) is 8.34. The molecule has 0 spiro atoms. The molecule has 0 aliphatic carbocycles. The summed E-state index contributed by atoms with van der Waals surface area (Å²) in [5.41, 5.74) is 7.50. The summed E-state index contributed by atoms with van der Waals surface area (Å²) in [4.78, 5) is 12.8. The van der Waals surface area contributed by atoms with E-state index in [2.05, 4.69) is 20.6 Å². The third kappa shape index (κ3) is 6.60. The van der Waals surface area contributed by atoms with E-state index in [0.717, 1.165) is 0 Å². The van der Waals surface area contributed by atoms with Crippen LogP contribution in [0.1, 0.15) is 25.8 Å². The third-order valence-electron chi connectivity index (χ3n) is 6.48. The number of rotatable bonds is 9. The molecule has 0 unspecified atom stereocenters. The number of halogens is 3. The molecule has 1 aliphatic heterocycles. The molecule has 0 bridgehead atoms. The van der Waals surface area contributed by atoms with Crippen LogP contribution >= 0.6 is 11.6 Å². The van der Waals surface area contributed by atoms with E-state index >= 15 is 0 Å². The first-order chi connectivity index (χ1) is 18.3. The average molecular weight is 562 g/mol. The second-order valence-electron chi connectivity index (χ2n) is 10.4. The molecule has 1 aliphatic rings. The van der Waals surface area contributed by atoms with Crippen molar-refractivity contribution in [3.63, 3.8) is 0 Å². The molecule has 0 amide bonds. The molecule has 12 heteroatoms. The zero-order valence-corrected chi connectivity index (χ0v) is 23.4. The molecule has 5 N–H and O–H groups in total. The van der Waals surface area contributed by atoms with Gasteiger partial charge in [0.05, 0.1) is 34.8 Å². The van der Waals surface area contributed by atoms with Crippen molar-refractivity contribution in [2.45, 2.75) is 38.1 Å². The Balaban J connectivity index is 1.60. The number of nitrogens with two attached hydrogens (primary N) is 1. The second kappa shape index (κ2) is 11.4. The van der Waals surface area contributed by atoms with Crippen molar-refractivity contribution in [3.05, 3.63) is 52.9 Å². The molecule has 210 valence electrons. The van der Waals surface area contributed by atoms with E-state index in [1.807, 2.05) is 23.9 Å². The molecule has 4 rings (SSSR count). The van der Waals surface area contributed by atoms with E-state index in [1.54, 1.807) is 32.0 Å². The maximum absolute atomic E-state index is 14.4. The van der Waals surface area contributed by atoms with Crippen LogP contribution in [0.2, 0.25) is 5.02 Å². The van der Waals surface area contributed by atoms with Crippen LogP contribution in [0.4, 0.5) is 43.3 Å². The van der Waals surface area contributed by atoms with Crippen LogP contribution in [0.25, 0.3) is 0 Å². The zero-order valence-electron chi connectivity index (χ0n) is 22.6. The van der Waals surface area contributed by atoms with Gasteiger partial charge in [0.2, 0.25) is 5.95 Å². The summed E-state index contributed by atoms with van der Waals surface area (Å²) in [6, 6.07) is 7.69. The number of alkyl halides is 1. The first-order valence-corrected chi connectivity index (χ1v) is 12.9. The molecule has 2 aromatic carbocycles. The fourth-order valence-corrected chi connectivity index (χ4v) is 4.92. The van der Waals surface area contributed by atoms with Gasteiger partial charge in [0.15, 0.2) is 0 Å². The molecular weight excluding hydrogens is 528 g/mol. The van der Waals surface area contributed by atoms with Gasteiger partial charge in [-0.05, 0) is 52.2 Å². The number of hydrogen-bond donors (Lipinski definition) is 4. The van der Waals surface area contributed by atoms with Crippen LogP contribution in [0.3, 0.4) is 0 Å². The van der Waals surface area contributed by atoms with Gasteiger partial charge in [-0.15, -0.1) is 0 Å². The monoisotopic (exact) mass is 561 g/mol. The van der Waals surface area contributed by atoms with Gasteiger partial charge in [-0.2, -0.15) is 4.98 Å². The number of nitrogen functional groups attached to an aromatic ring is 1. The minimum Gasteiger partial charge on any atom is -0.494 e. The number of anilines is 6. The number of hydrogen-bond acceptors (Lipinski definition) is 9. The lowest BCUT2D eigenvalue weighted by Crippen LogP contribution is -2.38. The molecule has 39 heavy (non-hydrogen) atoms. The molecule has 1 saturated heterocycles. The lowest BCUT2D eigenvalue weighted by molar-refractivity contribution is 0.0790. The molecule has 1 fully saturated rings. The predicted octanol–water partition coefficient (Wildman–Crippen LogP) is 5.05. The maximum atomic E-state index is 14.4. The van der Waals surface area contributed by atoms with E-state index in [-0.39, 0.29) is 23.6 Å². The Morgan fingerprint density at radius 2 is 1.97 bits per heavy atom. The van der Waals surface area contributed by atoms with Gasteiger partial charge < -0.3 is 36.0 Å². The fraction of sp³-hybridized carbons (Fsp3) is 0.407. The summed E-state index contributed by atoms with van der Waals surface area (Å²) in [6.07, 6.45) is 1.03. The number of benzene rings is 2. The molecule has 9 nitrogen and oxygen atoms in total. The van der Waals surface area contributed by atoms with Crippen LogP contribution in [0.5, 0.6) is 5.75 Å². The molecular formula is C27H34ClF2N7O2. The first kappa shape index (κ1) is 28.6. The van der Waals surface area contributed by atoms with Crippen molar-refractivity contribution in [1.29, 1.82) is 0 Å². The molecule has 1 aromatic heterocycles. The third-order valence-corrected chi connectivity index (χ3v) is 6.77. The van der Waals surface area contributed by atoms with Gasteiger partial charge in [-0.3, -0.25) is 0 Å². The summed E-state index contributed by atoms with van der Waals surface area (Å²) in [6.45, 7) is 4.05. The molecule has 2 atom stereocenters. The highest BCUT2D eigenvalue weighted by Gasteiger charge is 2.34. The molecule has 2 heterocycles. The largest absolute Gasteiger partial charge is 0.494 e. The van der Waals surface area contributed by atoms with E-state index in [1.165, 1.54) is 25.4 Å². The minimum atomic E-state index is -1.34. The van der Waals surface area contributed by atoms with Gasteiger partial charge in [0.1, 0.15) is 23.6 Å². The maximum Gasteiger partial charge on any atom is 0.229 e. The number of aromatic nitrogens is 2. The van der Waals surface area contributed by atoms with Gasteiger partial charge in [0.25, 0.3) is 0 Å². The summed E-state index contributed by atoms with van der Waals surface area (Å²) >= 11 is 6.00. The first-order valence-electron chi connectivity index (χ1n) is 12.5. The van der Waals surface area contributed by atoms with E-state index in [9.17, 15) is 13.9 Å². The van der Waals surface area contributed by atoms with Crippen LogP contribution in [-0.4, -0.2) is 66.5 Å². The van der Waals surface area contributed by atoms with E-state index < -0.39 is 17.6 Å². The highest BCUT2D eigenvalue weighted by molar-refractivity contribution is 6.31. The van der Waals surface area contributed by atoms with E-state index in [4.69, 9.17) is 22.1 Å². The Morgan fingerprint density at radius 3 is 2.64 bits per heavy atom. The lowest BCUT2D eigenvalue weighted by atomic mass is 9.96. The lowest BCUT2D eigenvalue weighted by Gasteiger charge is -2.30. The average Bonchev–Trinajstić information content (AvgIpc) is 3.19.